The van der Waals surface area contributed by atoms with Crippen molar-refractivity contribution in [1.82, 2.24) is 5.32 Å². The number of hydrogen-bond acceptors (Lipinski definition) is 5. The first-order chi connectivity index (χ1) is 9.46. The van der Waals surface area contributed by atoms with Gasteiger partial charge in [0, 0.05) is 24.2 Å². The minimum absolute atomic E-state index is 0.135. The highest BCUT2D eigenvalue weighted by atomic mass is 16.5. The van der Waals surface area contributed by atoms with E-state index in [-0.39, 0.29) is 12.6 Å². The van der Waals surface area contributed by atoms with Crippen molar-refractivity contribution in [2.75, 3.05) is 20.8 Å². The molecule has 6 nitrogen and oxygen atoms in total. The van der Waals surface area contributed by atoms with Crippen molar-refractivity contribution in [2.45, 2.75) is 25.9 Å². The second-order valence-corrected chi connectivity index (χ2v) is 4.64. The third-order valence-corrected chi connectivity index (χ3v) is 2.62. The number of hydrogen-bond donors (Lipinski definition) is 2. The fourth-order valence-electron chi connectivity index (χ4n) is 1.66. The van der Waals surface area contributed by atoms with Gasteiger partial charge in [0.05, 0.1) is 14.2 Å². The molecule has 1 atom stereocenters. The Labute approximate surface area is 119 Å². The van der Waals surface area contributed by atoms with E-state index < -0.39 is 11.9 Å². The van der Waals surface area contributed by atoms with Gasteiger partial charge in [-0.25, -0.2) is 0 Å². The average molecular weight is 282 g/mol. The normalized spacial score (nSPS) is 12.1. The lowest BCUT2D eigenvalue weighted by molar-refractivity contribution is -0.120. The molecular weight excluding hydrogens is 260 g/mol. The number of carbonyl (C=O) groups is 1. The number of primary amides is 1. The van der Waals surface area contributed by atoms with Gasteiger partial charge in [0.1, 0.15) is 29.9 Å². The molecule has 1 unspecified atom stereocenters. The summed E-state index contributed by atoms with van der Waals surface area (Å²) in [5.74, 6) is 1.34. The molecule has 0 bridgehead atoms. The monoisotopic (exact) mass is 282 g/mol. The smallest absolute Gasteiger partial charge is 0.238 e. The molecular formula is C14H22N2O4. The number of nitrogens with two attached hydrogens (primary N) is 1. The lowest BCUT2D eigenvalue weighted by Gasteiger charge is -2.19. The van der Waals surface area contributed by atoms with Gasteiger partial charge < -0.3 is 25.3 Å². The van der Waals surface area contributed by atoms with Crippen LogP contribution in [0.2, 0.25) is 0 Å². The fraction of sp³-hybridized carbons (Fsp3) is 0.500. The Morgan fingerprint density at radius 1 is 1.15 bits per heavy atom. The lowest BCUT2D eigenvalue weighted by Crippen LogP contribution is -2.48. The van der Waals surface area contributed by atoms with Crippen molar-refractivity contribution in [3.05, 3.63) is 18.2 Å². The zero-order chi connectivity index (χ0) is 15.1. The van der Waals surface area contributed by atoms with Gasteiger partial charge in [-0.15, -0.1) is 0 Å². The van der Waals surface area contributed by atoms with Crippen LogP contribution in [0.1, 0.15) is 13.8 Å². The minimum atomic E-state index is -0.549. The van der Waals surface area contributed by atoms with Crippen molar-refractivity contribution in [3.63, 3.8) is 0 Å². The molecule has 20 heavy (non-hydrogen) atoms. The van der Waals surface area contributed by atoms with E-state index in [0.29, 0.717) is 17.2 Å². The Balaban J connectivity index is 2.74. The molecule has 1 rings (SSSR count). The van der Waals surface area contributed by atoms with Gasteiger partial charge in [-0.1, -0.05) is 13.8 Å². The number of ether oxygens (including phenoxy) is 3. The van der Waals surface area contributed by atoms with E-state index in [2.05, 4.69) is 5.32 Å². The molecule has 0 aliphatic carbocycles. The van der Waals surface area contributed by atoms with Gasteiger partial charge >= 0.3 is 0 Å². The molecule has 0 aromatic heterocycles. The Bertz CT molecular complexity index is 427. The SMILES string of the molecule is COc1cc(OC)cc(OCC(NC(C)C)C(N)=O)c1. The van der Waals surface area contributed by atoms with Crippen LogP contribution in [0.3, 0.4) is 0 Å². The van der Waals surface area contributed by atoms with Crippen LogP contribution in [0.25, 0.3) is 0 Å². The summed E-state index contributed by atoms with van der Waals surface area (Å²) in [6.45, 7) is 4.01. The number of amides is 1. The van der Waals surface area contributed by atoms with Crippen LogP contribution in [0.4, 0.5) is 0 Å². The highest BCUT2D eigenvalue weighted by molar-refractivity contribution is 5.80. The molecule has 6 heteroatoms. The van der Waals surface area contributed by atoms with E-state index in [1.54, 1.807) is 32.4 Å². The first-order valence-electron chi connectivity index (χ1n) is 6.37. The summed E-state index contributed by atoms with van der Waals surface area (Å²) in [6.07, 6.45) is 0. The second-order valence-electron chi connectivity index (χ2n) is 4.64. The summed E-state index contributed by atoms with van der Waals surface area (Å²) >= 11 is 0. The molecule has 3 N–H and O–H groups in total. The average Bonchev–Trinajstić information content (AvgIpc) is 2.42. The maximum absolute atomic E-state index is 11.3. The van der Waals surface area contributed by atoms with Crippen LogP contribution in [-0.2, 0) is 4.79 Å². The van der Waals surface area contributed by atoms with E-state index in [4.69, 9.17) is 19.9 Å². The van der Waals surface area contributed by atoms with Gasteiger partial charge in [0.2, 0.25) is 5.91 Å². The van der Waals surface area contributed by atoms with Crippen LogP contribution in [0, 0.1) is 0 Å². The minimum Gasteiger partial charge on any atom is -0.496 e. The molecule has 1 aromatic carbocycles. The van der Waals surface area contributed by atoms with Crippen molar-refractivity contribution in [3.8, 4) is 17.2 Å². The first kappa shape index (κ1) is 16.1. The second kappa shape index (κ2) is 7.59. The van der Waals surface area contributed by atoms with Crippen LogP contribution < -0.4 is 25.3 Å². The highest BCUT2D eigenvalue weighted by Crippen LogP contribution is 2.27. The van der Waals surface area contributed by atoms with E-state index in [9.17, 15) is 4.79 Å². The quantitative estimate of drug-likeness (QED) is 0.741. The van der Waals surface area contributed by atoms with Gasteiger partial charge in [-0.2, -0.15) is 0 Å². The standard InChI is InChI=1S/C14H22N2O4/c1-9(2)16-13(14(15)17)8-20-12-6-10(18-3)5-11(7-12)19-4/h5-7,9,13,16H,8H2,1-4H3,(H2,15,17). The van der Waals surface area contributed by atoms with Crippen LogP contribution in [0.15, 0.2) is 18.2 Å². The number of benzene rings is 1. The number of carbonyl (C=O) groups excluding carboxylic acids is 1. The van der Waals surface area contributed by atoms with Crippen molar-refractivity contribution in [1.29, 1.82) is 0 Å². The van der Waals surface area contributed by atoms with Crippen LogP contribution in [-0.4, -0.2) is 38.8 Å². The van der Waals surface area contributed by atoms with Crippen LogP contribution in [0.5, 0.6) is 17.2 Å². The van der Waals surface area contributed by atoms with Crippen molar-refractivity contribution >= 4 is 5.91 Å². The molecule has 1 aromatic rings. The Kier molecular flexibility index (Phi) is 6.11. The predicted octanol–water partition coefficient (Wildman–Crippen LogP) is 0.934. The van der Waals surface area contributed by atoms with Crippen molar-refractivity contribution < 1.29 is 19.0 Å². The Hall–Kier alpha value is -1.95. The number of nitrogens with one attached hydrogen (secondary N) is 1. The largest absolute Gasteiger partial charge is 0.496 e. The summed E-state index contributed by atoms with van der Waals surface area (Å²) in [4.78, 5) is 11.3. The molecule has 0 saturated carbocycles. The van der Waals surface area contributed by atoms with E-state index in [1.807, 2.05) is 13.8 Å². The van der Waals surface area contributed by atoms with E-state index >= 15 is 0 Å². The summed E-state index contributed by atoms with van der Waals surface area (Å²) in [7, 11) is 3.12. The van der Waals surface area contributed by atoms with Crippen LogP contribution >= 0.6 is 0 Å². The zero-order valence-electron chi connectivity index (χ0n) is 12.3. The topological polar surface area (TPSA) is 82.8 Å². The molecule has 0 radical (unpaired) electrons. The van der Waals surface area contributed by atoms with Gasteiger partial charge in [0.25, 0.3) is 0 Å². The highest BCUT2D eigenvalue weighted by Gasteiger charge is 2.17. The molecule has 0 heterocycles. The summed E-state index contributed by atoms with van der Waals surface area (Å²) in [5.41, 5.74) is 5.33. The summed E-state index contributed by atoms with van der Waals surface area (Å²) in [6, 6.07) is 4.76. The maximum Gasteiger partial charge on any atom is 0.238 e. The van der Waals surface area contributed by atoms with E-state index in [1.165, 1.54) is 0 Å². The summed E-state index contributed by atoms with van der Waals surface area (Å²) in [5, 5.41) is 3.04. The molecule has 0 aliphatic rings. The third-order valence-electron chi connectivity index (χ3n) is 2.62. The third kappa shape index (κ3) is 4.97. The molecule has 1 amide bonds. The van der Waals surface area contributed by atoms with Gasteiger partial charge in [0.15, 0.2) is 0 Å². The Morgan fingerprint density at radius 3 is 2.05 bits per heavy atom. The lowest BCUT2D eigenvalue weighted by atomic mass is 10.2. The predicted molar refractivity (Wildman–Crippen MR) is 76.3 cm³/mol. The molecule has 0 spiro atoms. The number of rotatable bonds is 8. The van der Waals surface area contributed by atoms with Gasteiger partial charge in [-0.3, -0.25) is 4.79 Å². The zero-order valence-corrected chi connectivity index (χ0v) is 12.3. The molecule has 112 valence electrons. The van der Waals surface area contributed by atoms with E-state index in [0.717, 1.165) is 0 Å². The van der Waals surface area contributed by atoms with Gasteiger partial charge in [-0.05, 0) is 0 Å². The van der Waals surface area contributed by atoms with Crippen molar-refractivity contribution in [2.24, 2.45) is 5.73 Å². The molecule has 0 aliphatic heterocycles. The number of methoxy groups -OCH3 is 2. The maximum atomic E-state index is 11.3. The molecule has 0 fully saturated rings. The summed E-state index contributed by atoms with van der Waals surface area (Å²) < 4.78 is 15.9. The molecule has 0 saturated heterocycles. The first-order valence-corrected chi connectivity index (χ1v) is 6.37. The fourth-order valence-corrected chi connectivity index (χ4v) is 1.66. The Morgan fingerprint density at radius 2 is 1.65 bits per heavy atom.